The Kier molecular flexibility index (Phi) is 3.21. The van der Waals surface area contributed by atoms with Gasteiger partial charge in [-0.3, -0.25) is 5.32 Å². The zero-order valence-electron chi connectivity index (χ0n) is 11.2. The maximum Gasteiger partial charge on any atom is 0.413 e. The molecule has 2 N–H and O–H groups in total. The van der Waals surface area contributed by atoms with E-state index in [0.717, 1.165) is 12.8 Å². The Morgan fingerprint density at radius 1 is 1.42 bits per heavy atom. The van der Waals surface area contributed by atoms with Crippen LogP contribution in [0.1, 0.15) is 43.5 Å². The van der Waals surface area contributed by atoms with Gasteiger partial charge in [-0.25, -0.2) is 14.6 Å². The second kappa shape index (κ2) is 4.56. The van der Waals surface area contributed by atoms with Crippen LogP contribution in [0.4, 0.5) is 10.6 Å². The number of anilines is 1. The highest BCUT2D eigenvalue weighted by molar-refractivity contribution is 5.96. The molecule has 1 aromatic heterocycles. The van der Waals surface area contributed by atoms with Crippen molar-refractivity contribution in [3.05, 3.63) is 11.5 Å². The molecule has 0 spiro atoms. The summed E-state index contributed by atoms with van der Waals surface area (Å²) in [7, 11) is 0. The van der Waals surface area contributed by atoms with Gasteiger partial charge in [-0.05, 0) is 27.2 Å². The molecule has 7 heteroatoms. The van der Waals surface area contributed by atoms with Crippen molar-refractivity contribution in [3.8, 4) is 0 Å². The molecule has 0 radical (unpaired) electrons. The van der Waals surface area contributed by atoms with E-state index in [9.17, 15) is 14.7 Å². The number of fused-ring (bicyclic) bond motifs is 1. The number of carbonyl (C=O) groups excluding carboxylic acids is 1. The Bertz CT molecular complexity index is 528. The van der Waals surface area contributed by atoms with Gasteiger partial charge in [0.15, 0.2) is 11.5 Å². The van der Waals surface area contributed by atoms with Crippen LogP contribution in [0.3, 0.4) is 0 Å². The summed E-state index contributed by atoms with van der Waals surface area (Å²) < 4.78 is 6.70. The molecule has 1 aliphatic rings. The highest BCUT2D eigenvalue weighted by Crippen LogP contribution is 2.24. The number of nitrogens with one attached hydrogen (secondary N) is 1. The van der Waals surface area contributed by atoms with Crippen molar-refractivity contribution in [1.82, 2.24) is 9.55 Å². The third kappa shape index (κ3) is 2.86. The maximum atomic E-state index is 11.7. The molecule has 0 aromatic carbocycles. The molecule has 19 heavy (non-hydrogen) atoms. The Labute approximate surface area is 110 Å². The van der Waals surface area contributed by atoms with Crippen LogP contribution in [0.25, 0.3) is 0 Å². The lowest BCUT2D eigenvalue weighted by Gasteiger charge is -2.19. The first-order valence-electron chi connectivity index (χ1n) is 6.10. The predicted molar refractivity (Wildman–Crippen MR) is 67.4 cm³/mol. The van der Waals surface area contributed by atoms with Crippen LogP contribution in [0.5, 0.6) is 0 Å². The number of aromatic carboxylic acids is 1. The van der Waals surface area contributed by atoms with Crippen molar-refractivity contribution in [2.75, 3.05) is 5.32 Å². The number of amides is 1. The summed E-state index contributed by atoms with van der Waals surface area (Å²) in [5.74, 6) is -0.369. The molecule has 0 fully saturated rings. The smallest absolute Gasteiger partial charge is 0.413 e. The van der Waals surface area contributed by atoms with Crippen LogP contribution in [-0.2, 0) is 17.7 Å². The monoisotopic (exact) mass is 267 g/mol. The molecule has 0 unspecified atom stereocenters. The van der Waals surface area contributed by atoms with E-state index < -0.39 is 17.7 Å². The van der Waals surface area contributed by atoms with E-state index in [-0.39, 0.29) is 11.5 Å². The lowest BCUT2D eigenvalue weighted by molar-refractivity contribution is 0.0635. The lowest BCUT2D eigenvalue weighted by atomic mass is 10.2. The van der Waals surface area contributed by atoms with Crippen molar-refractivity contribution >= 4 is 17.9 Å². The van der Waals surface area contributed by atoms with Gasteiger partial charge in [-0.2, -0.15) is 0 Å². The fourth-order valence-corrected chi connectivity index (χ4v) is 2.03. The molecular weight excluding hydrogens is 250 g/mol. The zero-order chi connectivity index (χ0) is 14.2. The van der Waals surface area contributed by atoms with Crippen LogP contribution in [0, 0.1) is 0 Å². The SMILES string of the molecule is CC(C)(C)OC(=O)Nc1nc2n(c1C(=O)O)CCC2. The van der Waals surface area contributed by atoms with Crippen LogP contribution < -0.4 is 5.32 Å². The van der Waals surface area contributed by atoms with Crippen molar-refractivity contribution in [2.45, 2.75) is 45.8 Å². The molecule has 2 rings (SSSR count). The van der Waals surface area contributed by atoms with E-state index in [0.29, 0.717) is 12.4 Å². The average molecular weight is 267 g/mol. The summed E-state index contributed by atoms with van der Waals surface area (Å²) in [6.45, 7) is 5.81. The Morgan fingerprint density at radius 3 is 2.68 bits per heavy atom. The van der Waals surface area contributed by atoms with Crippen LogP contribution in [0.2, 0.25) is 0 Å². The predicted octanol–water partition coefficient (Wildman–Crippen LogP) is 1.87. The van der Waals surface area contributed by atoms with Gasteiger partial charge in [-0.1, -0.05) is 0 Å². The van der Waals surface area contributed by atoms with Crippen LogP contribution >= 0.6 is 0 Å². The molecule has 2 heterocycles. The van der Waals surface area contributed by atoms with Crippen molar-refractivity contribution in [2.24, 2.45) is 0 Å². The number of aromatic nitrogens is 2. The molecule has 1 amide bonds. The molecule has 0 aliphatic carbocycles. The quantitative estimate of drug-likeness (QED) is 0.853. The van der Waals surface area contributed by atoms with E-state index in [1.807, 2.05) is 0 Å². The van der Waals surface area contributed by atoms with Crippen molar-refractivity contribution in [1.29, 1.82) is 0 Å². The van der Waals surface area contributed by atoms with Gasteiger partial charge in [0.2, 0.25) is 0 Å². The van der Waals surface area contributed by atoms with Crippen LogP contribution in [-0.4, -0.2) is 32.3 Å². The molecule has 0 atom stereocenters. The zero-order valence-corrected chi connectivity index (χ0v) is 11.2. The molecular formula is C12H17N3O4. The second-order valence-corrected chi connectivity index (χ2v) is 5.41. The molecule has 1 aromatic rings. The van der Waals surface area contributed by atoms with E-state index >= 15 is 0 Å². The minimum atomic E-state index is -1.10. The topological polar surface area (TPSA) is 93.5 Å². The average Bonchev–Trinajstić information content (AvgIpc) is 2.72. The molecule has 1 aliphatic heterocycles. The van der Waals surface area contributed by atoms with Gasteiger partial charge in [0.1, 0.15) is 11.4 Å². The summed E-state index contributed by atoms with van der Waals surface area (Å²) in [6.07, 6.45) is 0.887. The van der Waals surface area contributed by atoms with Crippen molar-refractivity contribution in [3.63, 3.8) is 0 Å². The van der Waals surface area contributed by atoms with E-state index in [4.69, 9.17) is 4.74 Å². The number of hydrogen-bond donors (Lipinski definition) is 2. The fraction of sp³-hybridized carbons (Fsp3) is 0.583. The van der Waals surface area contributed by atoms with E-state index in [1.165, 1.54) is 0 Å². The minimum Gasteiger partial charge on any atom is -0.476 e. The molecule has 0 bridgehead atoms. The third-order valence-electron chi connectivity index (χ3n) is 2.65. The standard InChI is InChI=1S/C12H17N3O4/c1-12(2,3)19-11(18)14-9-8(10(16)17)15-6-4-5-7(15)13-9/h4-6H2,1-3H3,(H,14,18)(H,16,17). The number of imidazole rings is 1. The highest BCUT2D eigenvalue weighted by atomic mass is 16.6. The summed E-state index contributed by atoms with van der Waals surface area (Å²) in [5, 5.41) is 11.6. The largest absolute Gasteiger partial charge is 0.476 e. The van der Waals surface area contributed by atoms with Gasteiger partial charge in [0.05, 0.1) is 0 Å². The molecule has 7 nitrogen and oxygen atoms in total. The number of hydrogen-bond acceptors (Lipinski definition) is 4. The van der Waals surface area contributed by atoms with Gasteiger partial charge >= 0.3 is 12.1 Å². The summed E-state index contributed by atoms with van der Waals surface area (Å²) in [5.41, 5.74) is -0.631. The minimum absolute atomic E-state index is 0.0124. The van der Waals surface area contributed by atoms with Crippen molar-refractivity contribution < 1.29 is 19.4 Å². The number of carboxylic acid groups (broad SMARTS) is 1. The summed E-state index contributed by atoms with van der Waals surface area (Å²) in [4.78, 5) is 27.1. The molecule has 0 saturated carbocycles. The van der Waals surface area contributed by atoms with Gasteiger partial charge < -0.3 is 14.4 Å². The normalized spacial score (nSPS) is 14.1. The number of nitrogens with zero attached hydrogens (tertiary/aromatic N) is 2. The van der Waals surface area contributed by atoms with Crippen LogP contribution in [0.15, 0.2) is 0 Å². The second-order valence-electron chi connectivity index (χ2n) is 5.41. The number of carboxylic acids is 1. The first-order chi connectivity index (χ1) is 8.78. The van der Waals surface area contributed by atoms with Gasteiger partial charge in [0, 0.05) is 13.0 Å². The summed E-state index contributed by atoms with van der Waals surface area (Å²) in [6, 6.07) is 0. The highest BCUT2D eigenvalue weighted by Gasteiger charge is 2.27. The maximum absolute atomic E-state index is 11.7. The Morgan fingerprint density at radius 2 is 2.11 bits per heavy atom. The van der Waals surface area contributed by atoms with Gasteiger partial charge in [0.25, 0.3) is 0 Å². The Balaban J connectivity index is 2.22. The van der Waals surface area contributed by atoms with Gasteiger partial charge in [-0.15, -0.1) is 0 Å². The number of rotatable bonds is 2. The molecule has 0 saturated heterocycles. The Hall–Kier alpha value is -2.05. The first-order valence-corrected chi connectivity index (χ1v) is 6.10. The number of carbonyl (C=O) groups is 2. The number of aryl methyl sites for hydroxylation is 1. The summed E-state index contributed by atoms with van der Waals surface area (Å²) >= 11 is 0. The van der Waals surface area contributed by atoms with E-state index in [2.05, 4.69) is 10.3 Å². The molecule has 104 valence electrons. The number of ether oxygens (including phenoxy) is 1. The lowest BCUT2D eigenvalue weighted by Crippen LogP contribution is -2.28. The van der Waals surface area contributed by atoms with E-state index in [1.54, 1.807) is 25.3 Å². The first kappa shape index (κ1) is 13.4. The fourth-order valence-electron chi connectivity index (χ4n) is 2.03. The third-order valence-corrected chi connectivity index (χ3v) is 2.65.